The minimum atomic E-state index is -0.794. The van der Waals surface area contributed by atoms with Crippen LogP contribution in [0.1, 0.15) is 31.2 Å². The van der Waals surface area contributed by atoms with Crippen molar-refractivity contribution < 1.29 is 14.7 Å². The average molecular weight is 323 g/mol. The number of aliphatic carboxylic acids is 1. The monoisotopic (exact) mass is 322 g/mol. The molecule has 1 amide bonds. The highest BCUT2D eigenvalue weighted by atomic mass is 35.5. The minimum absolute atomic E-state index is 0.0296. The van der Waals surface area contributed by atoms with Crippen molar-refractivity contribution in [3.05, 3.63) is 28.8 Å². The first-order valence-corrected chi connectivity index (χ1v) is 7.92. The summed E-state index contributed by atoms with van der Waals surface area (Å²) >= 11 is 5.97. The fraction of sp³-hybridized carbons (Fsp3) is 0.500. The van der Waals surface area contributed by atoms with Crippen LogP contribution in [0.15, 0.2) is 18.2 Å². The lowest BCUT2D eigenvalue weighted by atomic mass is 9.80. The lowest BCUT2D eigenvalue weighted by molar-refractivity contribution is -0.143. The average Bonchev–Trinajstić information content (AvgIpc) is 2.81. The van der Waals surface area contributed by atoms with Gasteiger partial charge in [-0.15, -0.1) is 0 Å². The molecule has 0 spiro atoms. The normalized spacial score (nSPS) is 23.9. The molecule has 118 valence electrons. The molecule has 2 heterocycles. The molecule has 2 aliphatic rings. The zero-order valence-corrected chi connectivity index (χ0v) is 13.1. The van der Waals surface area contributed by atoms with Crippen LogP contribution in [-0.2, 0) is 9.59 Å². The SMILES string of the molecule is CC(C(=O)O)N1CCC(C2C(=O)Nc3cc(Cl)ccc32)CC1. The summed E-state index contributed by atoms with van der Waals surface area (Å²) in [6.45, 7) is 3.14. The highest BCUT2D eigenvalue weighted by molar-refractivity contribution is 6.31. The van der Waals surface area contributed by atoms with Crippen LogP contribution in [-0.4, -0.2) is 41.0 Å². The van der Waals surface area contributed by atoms with E-state index in [1.165, 1.54) is 0 Å². The smallest absolute Gasteiger partial charge is 0.320 e. The number of carbonyl (C=O) groups excluding carboxylic acids is 1. The number of rotatable bonds is 3. The van der Waals surface area contributed by atoms with E-state index in [4.69, 9.17) is 16.7 Å². The van der Waals surface area contributed by atoms with Crippen LogP contribution in [0.4, 0.5) is 5.69 Å². The molecule has 0 saturated carbocycles. The number of halogens is 1. The first kappa shape index (κ1) is 15.3. The molecule has 2 aliphatic heterocycles. The Morgan fingerprint density at radius 1 is 1.41 bits per heavy atom. The molecule has 3 rings (SSSR count). The Balaban J connectivity index is 1.72. The van der Waals surface area contributed by atoms with Gasteiger partial charge in [-0.25, -0.2) is 0 Å². The number of hydrogen-bond acceptors (Lipinski definition) is 3. The van der Waals surface area contributed by atoms with Crippen molar-refractivity contribution in [3.8, 4) is 0 Å². The van der Waals surface area contributed by atoms with Gasteiger partial charge in [0.05, 0.1) is 5.92 Å². The van der Waals surface area contributed by atoms with Gasteiger partial charge in [-0.05, 0) is 56.5 Å². The maximum atomic E-state index is 12.3. The maximum Gasteiger partial charge on any atom is 0.320 e. The molecule has 6 heteroatoms. The summed E-state index contributed by atoms with van der Waals surface area (Å²) in [6.07, 6.45) is 1.66. The third kappa shape index (κ3) is 2.71. The molecule has 5 nitrogen and oxygen atoms in total. The van der Waals surface area contributed by atoms with Gasteiger partial charge in [0.25, 0.3) is 0 Å². The number of carbonyl (C=O) groups is 2. The van der Waals surface area contributed by atoms with Gasteiger partial charge in [0.2, 0.25) is 5.91 Å². The lowest BCUT2D eigenvalue weighted by Crippen LogP contribution is -2.45. The second-order valence-electron chi connectivity index (χ2n) is 6.09. The van der Waals surface area contributed by atoms with Gasteiger partial charge in [0.1, 0.15) is 6.04 Å². The third-order valence-corrected chi connectivity index (χ3v) is 5.08. The van der Waals surface area contributed by atoms with E-state index in [2.05, 4.69) is 5.32 Å². The van der Waals surface area contributed by atoms with Gasteiger partial charge in [0, 0.05) is 10.7 Å². The molecule has 1 aromatic rings. The van der Waals surface area contributed by atoms with Crippen molar-refractivity contribution in [1.82, 2.24) is 4.90 Å². The molecule has 0 bridgehead atoms. The number of nitrogens with one attached hydrogen (secondary N) is 1. The van der Waals surface area contributed by atoms with Crippen molar-refractivity contribution in [2.75, 3.05) is 18.4 Å². The predicted molar refractivity (Wildman–Crippen MR) is 84.2 cm³/mol. The first-order valence-electron chi connectivity index (χ1n) is 7.54. The Labute approximate surface area is 134 Å². The number of anilines is 1. The molecule has 0 aromatic heterocycles. The fourth-order valence-corrected chi connectivity index (χ4v) is 3.70. The Hall–Kier alpha value is -1.59. The van der Waals surface area contributed by atoms with E-state index in [9.17, 15) is 9.59 Å². The summed E-state index contributed by atoms with van der Waals surface area (Å²) in [5.74, 6) is -0.659. The number of piperidine rings is 1. The molecule has 1 saturated heterocycles. The summed E-state index contributed by atoms with van der Waals surface area (Å²) in [6, 6.07) is 5.06. The van der Waals surface area contributed by atoms with Crippen molar-refractivity contribution in [3.63, 3.8) is 0 Å². The van der Waals surface area contributed by atoms with Gasteiger partial charge in [-0.2, -0.15) is 0 Å². The highest BCUT2D eigenvalue weighted by Crippen LogP contribution is 2.42. The van der Waals surface area contributed by atoms with Crippen molar-refractivity contribution in [1.29, 1.82) is 0 Å². The Morgan fingerprint density at radius 3 is 2.73 bits per heavy atom. The number of fused-ring (bicyclic) bond motifs is 1. The predicted octanol–water partition coefficient (Wildman–Crippen LogP) is 2.56. The second kappa shape index (κ2) is 5.89. The van der Waals surface area contributed by atoms with Crippen LogP contribution in [0.5, 0.6) is 0 Å². The number of amides is 1. The summed E-state index contributed by atoms with van der Waals surface area (Å²) < 4.78 is 0. The highest BCUT2D eigenvalue weighted by Gasteiger charge is 2.39. The minimum Gasteiger partial charge on any atom is -0.480 e. The van der Waals surface area contributed by atoms with E-state index in [1.54, 1.807) is 13.0 Å². The molecule has 2 unspecified atom stereocenters. The molecule has 2 atom stereocenters. The van der Waals surface area contributed by atoms with Crippen LogP contribution < -0.4 is 5.32 Å². The van der Waals surface area contributed by atoms with Gasteiger partial charge in [0.15, 0.2) is 0 Å². The molecule has 22 heavy (non-hydrogen) atoms. The molecule has 1 fully saturated rings. The first-order chi connectivity index (χ1) is 10.5. The number of carboxylic acids is 1. The van der Waals surface area contributed by atoms with Crippen LogP contribution in [0.2, 0.25) is 5.02 Å². The number of likely N-dealkylation sites (tertiary alicyclic amines) is 1. The van der Waals surface area contributed by atoms with Crippen LogP contribution >= 0.6 is 11.6 Å². The maximum absolute atomic E-state index is 12.3. The van der Waals surface area contributed by atoms with Crippen LogP contribution in [0, 0.1) is 5.92 Å². The molecular formula is C16H19ClN2O3. The molecule has 2 N–H and O–H groups in total. The van der Waals surface area contributed by atoms with Crippen molar-refractivity contribution in [2.24, 2.45) is 5.92 Å². The summed E-state index contributed by atoms with van der Waals surface area (Å²) in [5, 5.41) is 12.6. The van der Waals surface area contributed by atoms with Gasteiger partial charge >= 0.3 is 5.97 Å². The van der Waals surface area contributed by atoms with E-state index in [-0.39, 0.29) is 17.7 Å². The Bertz CT molecular complexity index is 611. The van der Waals surface area contributed by atoms with Crippen LogP contribution in [0.3, 0.4) is 0 Å². The Kier molecular flexibility index (Phi) is 4.10. The Morgan fingerprint density at radius 2 is 2.09 bits per heavy atom. The van der Waals surface area contributed by atoms with E-state index >= 15 is 0 Å². The quantitative estimate of drug-likeness (QED) is 0.897. The summed E-state index contributed by atoms with van der Waals surface area (Å²) in [7, 11) is 0. The topological polar surface area (TPSA) is 69.6 Å². The van der Waals surface area contributed by atoms with Gasteiger partial charge < -0.3 is 10.4 Å². The van der Waals surface area contributed by atoms with Gasteiger partial charge in [-0.3, -0.25) is 14.5 Å². The largest absolute Gasteiger partial charge is 0.480 e. The van der Waals surface area contributed by atoms with Gasteiger partial charge in [-0.1, -0.05) is 17.7 Å². The number of carboxylic acid groups (broad SMARTS) is 1. The van der Waals surface area contributed by atoms with E-state index in [0.29, 0.717) is 18.1 Å². The summed E-state index contributed by atoms with van der Waals surface area (Å²) in [5.41, 5.74) is 1.82. The second-order valence-corrected chi connectivity index (χ2v) is 6.52. The molecule has 0 radical (unpaired) electrons. The lowest BCUT2D eigenvalue weighted by Gasteiger charge is -2.36. The van der Waals surface area contributed by atoms with Crippen LogP contribution in [0.25, 0.3) is 0 Å². The number of hydrogen-bond donors (Lipinski definition) is 2. The standard InChI is InChI=1S/C16H19ClN2O3/c1-9(16(21)22)19-6-4-10(5-7-19)14-12-3-2-11(17)8-13(12)18-15(14)20/h2-3,8-10,14H,4-7H2,1H3,(H,18,20)(H,21,22). The number of nitrogens with zero attached hydrogens (tertiary/aromatic N) is 1. The fourth-order valence-electron chi connectivity index (χ4n) is 3.52. The molecule has 0 aliphatic carbocycles. The summed E-state index contributed by atoms with van der Waals surface area (Å²) in [4.78, 5) is 25.3. The van der Waals surface area contributed by atoms with E-state index in [1.807, 2.05) is 17.0 Å². The van der Waals surface area contributed by atoms with Crippen molar-refractivity contribution >= 4 is 29.2 Å². The van der Waals surface area contributed by atoms with E-state index < -0.39 is 12.0 Å². The molecular weight excluding hydrogens is 304 g/mol. The van der Waals surface area contributed by atoms with Crippen molar-refractivity contribution in [2.45, 2.75) is 31.7 Å². The van der Waals surface area contributed by atoms with E-state index in [0.717, 1.165) is 24.1 Å². The third-order valence-electron chi connectivity index (χ3n) is 4.84. The molecule has 1 aromatic carbocycles. The zero-order valence-electron chi connectivity index (χ0n) is 12.4. The zero-order chi connectivity index (χ0) is 15.9. The number of benzene rings is 1.